The number of aryl methyl sites for hydroxylation is 2. The summed E-state index contributed by atoms with van der Waals surface area (Å²) in [6, 6.07) is 16.5. The second kappa shape index (κ2) is 11.8. The lowest BCUT2D eigenvalue weighted by atomic mass is 10.1. The molecule has 1 aliphatic heterocycles. The number of halogens is 1. The normalized spacial score (nSPS) is 15.2. The van der Waals surface area contributed by atoms with Crippen LogP contribution < -0.4 is 17.7 Å². The van der Waals surface area contributed by atoms with Crippen molar-refractivity contribution in [3.63, 3.8) is 0 Å². The van der Waals surface area contributed by atoms with Gasteiger partial charge in [0.05, 0.1) is 0 Å². The Labute approximate surface area is 182 Å². The zero-order valence-corrected chi connectivity index (χ0v) is 18.2. The van der Waals surface area contributed by atoms with Crippen LogP contribution in [-0.2, 0) is 4.79 Å². The van der Waals surface area contributed by atoms with E-state index in [1.807, 2.05) is 18.2 Å². The number of carbonyl (C=O) groups is 1. The molecule has 1 amide bonds. The first-order chi connectivity index (χ1) is 13.6. The van der Waals surface area contributed by atoms with Crippen molar-refractivity contribution in [1.29, 1.82) is 0 Å². The van der Waals surface area contributed by atoms with Gasteiger partial charge in [-0.2, -0.15) is 0 Å². The molecule has 2 aromatic carbocycles. The lowest BCUT2D eigenvalue weighted by molar-refractivity contribution is -0.116. The second-order valence-electron chi connectivity index (χ2n) is 7.55. The fourth-order valence-electron chi connectivity index (χ4n) is 3.40. The van der Waals surface area contributed by atoms with Gasteiger partial charge in [-0.15, -0.1) is 0 Å². The number of hydrogen-bond donors (Lipinski definition) is 1. The third-order valence-corrected chi connectivity index (χ3v) is 5.38. The molecule has 0 bridgehead atoms. The molecule has 1 N–H and O–H groups in total. The number of nitrogens with one attached hydrogen (secondary N) is 1. The molecule has 156 valence electrons. The monoisotopic (exact) mass is 413 g/mol. The average Bonchev–Trinajstić information content (AvgIpc) is 2.71. The maximum atomic E-state index is 12.2. The van der Waals surface area contributed by atoms with Gasteiger partial charge in [0.25, 0.3) is 0 Å². The summed E-state index contributed by atoms with van der Waals surface area (Å²) < 4.78 is 0. The van der Waals surface area contributed by atoms with Crippen molar-refractivity contribution in [2.75, 3.05) is 44.6 Å². The third-order valence-electron chi connectivity index (χ3n) is 5.38. The largest absolute Gasteiger partial charge is 1.00 e. The molecule has 0 aliphatic carbocycles. The first kappa shape index (κ1) is 23.1. The van der Waals surface area contributed by atoms with Crippen molar-refractivity contribution < 1.29 is 18.6 Å². The highest BCUT2D eigenvalue weighted by molar-refractivity contribution is 5.90. The van der Waals surface area contributed by atoms with Crippen LogP contribution in [0.2, 0.25) is 0 Å². The predicted octanol–water partition coefficient (Wildman–Crippen LogP) is 1.08. The van der Waals surface area contributed by atoms with Crippen molar-refractivity contribution in [1.82, 2.24) is 9.80 Å². The first-order valence-corrected chi connectivity index (χ1v) is 10.1. The number of amides is 1. The van der Waals surface area contributed by atoms with Gasteiger partial charge in [-0.1, -0.05) is 48.6 Å². The number of benzene rings is 2. The Morgan fingerprint density at radius 1 is 1.00 bits per heavy atom. The fraction of sp³-hybridized carbons (Fsp3) is 0.375. The van der Waals surface area contributed by atoms with E-state index in [0.29, 0.717) is 6.42 Å². The van der Waals surface area contributed by atoms with Crippen molar-refractivity contribution >= 4 is 17.7 Å². The molecule has 0 radical (unpaired) electrons. The van der Waals surface area contributed by atoms with E-state index in [-0.39, 0.29) is 19.7 Å². The minimum absolute atomic E-state index is 0. The summed E-state index contributed by atoms with van der Waals surface area (Å²) in [5.41, 5.74) is 4.59. The predicted molar refractivity (Wildman–Crippen MR) is 119 cm³/mol. The van der Waals surface area contributed by atoms with Crippen LogP contribution in [0, 0.1) is 13.8 Å². The zero-order valence-electron chi connectivity index (χ0n) is 18.4. The van der Waals surface area contributed by atoms with Crippen LogP contribution in [0.5, 0.6) is 0 Å². The summed E-state index contributed by atoms with van der Waals surface area (Å²) >= 11 is 0. The minimum Gasteiger partial charge on any atom is -1.00 e. The second-order valence-corrected chi connectivity index (χ2v) is 7.55. The smallest absolute Gasteiger partial charge is 1.00 e. The summed E-state index contributed by atoms with van der Waals surface area (Å²) in [5, 5.41) is 3.02. The zero-order chi connectivity index (χ0) is 19.8. The van der Waals surface area contributed by atoms with Gasteiger partial charge < -0.3 is 22.6 Å². The van der Waals surface area contributed by atoms with Gasteiger partial charge in [-0.25, -0.2) is 0 Å². The molecule has 1 fully saturated rings. The van der Waals surface area contributed by atoms with Gasteiger partial charge in [-0.05, 0) is 42.7 Å². The summed E-state index contributed by atoms with van der Waals surface area (Å²) in [6.07, 6.45) is 4.96. The molecular weight excluding hydrogens is 382 g/mol. The maximum absolute atomic E-state index is 12.2. The lowest BCUT2D eigenvalue weighted by Gasteiger charge is -2.34. The van der Waals surface area contributed by atoms with E-state index in [0.717, 1.165) is 45.0 Å². The number of piperazine rings is 1. The Kier molecular flexibility index (Phi) is 9.39. The molecule has 29 heavy (non-hydrogen) atoms. The molecule has 5 heteroatoms. The SMILES string of the molecule is Cc1ccc(NC(=O)CCN2CCN(C/C=C/c3ccccc3)CC2)cc1C.[Cl-].[H+]. The van der Waals surface area contributed by atoms with Crippen molar-refractivity contribution in [2.45, 2.75) is 20.3 Å². The van der Waals surface area contributed by atoms with E-state index in [4.69, 9.17) is 0 Å². The van der Waals surface area contributed by atoms with Gasteiger partial charge in [0, 0.05) is 51.4 Å². The topological polar surface area (TPSA) is 35.6 Å². The molecule has 0 spiro atoms. The minimum atomic E-state index is 0. The van der Waals surface area contributed by atoms with Gasteiger partial charge in [0.1, 0.15) is 0 Å². The molecule has 0 saturated carbocycles. The standard InChI is InChI=1S/C24H31N3O.ClH/c1-20-10-11-23(19-21(20)2)25-24(28)12-14-27-17-15-26(16-18-27)13-6-9-22-7-4-3-5-8-22;/h3-11,19H,12-18H2,1-2H3,(H,25,28);1H/b9-6+;. The van der Waals surface area contributed by atoms with Crippen LogP contribution in [0.4, 0.5) is 5.69 Å². The average molecular weight is 414 g/mol. The number of nitrogens with zero attached hydrogens (tertiary/aromatic N) is 2. The van der Waals surface area contributed by atoms with Gasteiger partial charge in [0.2, 0.25) is 5.91 Å². The molecule has 0 aromatic heterocycles. The van der Waals surface area contributed by atoms with Crippen LogP contribution in [0.25, 0.3) is 6.08 Å². The summed E-state index contributed by atoms with van der Waals surface area (Å²) in [7, 11) is 0. The van der Waals surface area contributed by atoms with Crippen molar-refractivity contribution in [3.8, 4) is 0 Å². The summed E-state index contributed by atoms with van der Waals surface area (Å²) in [6.45, 7) is 10.1. The molecule has 0 atom stereocenters. The van der Waals surface area contributed by atoms with E-state index in [1.54, 1.807) is 0 Å². The molecule has 4 nitrogen and oxygen atoms in total. The van der Waals surface area contributed by atoms with Gasteiger partial charge in [-0.3, -0.25) is 9.69 Å². The van der Waals surface area contributed by atoms with Gasteiger partial charge >= 0.3 is 1.43 Å². The van der Waals surface area contributed by atoms with E-state index in [2.05, 4.69) is 71.4 Å². The summed E-state index contributed by atoms with van der Waals surface area (Å²) in [5.74, 6) is 0.0940. The molecule has 1 aliphatic rings. The fourth-order valence-corrected chi connectivity index (χ4v) is 3.40. The summed E-state index contributed by atoms with van der Waals surface area (Å²) in [4.78, 5) is 17.1. The maximum Gasteiger partial charge on any atom is 1.00 e. The quantitative estimate of drug-likeness (QED) is 0.737. The van der Waals surface area contributed by atoms with Crippen LogP contribution in [0.3, 0.4) is 0 Å². The Hall–Kier alpha value is -2.14. The highest BCUT2D eigenvalue weighted by atomic mass is 35.5. The van der Waals surface area contributed by atoms with Crippen molar-refractivity contribution in [2.24, 2.45) is 0 Å². The third kappa shape index (κ3) is 7.65. The molecule has 0 unspecified atom stereocenters. The first-order valence-electron chi connectivity index (χ1n) is 10.1. The number of anilines is 1. The van der Waals surface area contributed by atoms with E-state index in [1.165, 1.54) is 16.7 Å². The van der Waals surface area contributed by atoms with Crippen LogP contribution in [-0.4, -0.2) is 55.0 Å². The van der Waals surface area contributed by atoms with Crippen LogP contribution >= 0.6 is 0 Å². The molecule has 3 rings (SSSR count). The highest BCUT2D eigenvalue weighted by Gasteiger charge is 2.16. The molecular formula is C24H32ClN3O. The molecule has 2 aromatic rings. The van der Waals surface area contributed by atoms with Crippen molar-refractivity contribution in [3.05, 3.63) is 71.3 Å². The number of carbonyl (C=O) groups excluding carboxylic acids is 1. The van der Waals surface area contributed by atoms with E-state index < -0.39 is 0 Å². The Morgan fingerprint density at radius 2 is 1.69 bits per heavy atom. The Balaban J connectivity index is 0.00000225. The van der Waals surface area contributed by atoms with E-state index >= 15 is 0 Å². The highest BCUT2D eigenvalue weighted by Crippen LogP contribution is 2.14. The lowest BCUT2D eigenvalue weighted by Crippen LogP contribution is -3.00. The number of hydrogen-bond acceptors (Lipinski definition) is 3. The van der Waals surface area contributed by atoms with E-state index in [9.17, 15) is 4.79 Å². The van der Waals surface area contributed by atoms with Gasteiger partial charge in [0.15, 0.2) is 0 Å². The van der Waals surface area contributed by atoms with Crippen LogP contribution in [0.15, 0.2) is 54.6 Å². The Morgan fingerprint density at radius 3 is 2.38 bits per heavy atom. The van der Waals surface area contributed by atoms with Crippen LogP contribution in [0.1, 0.15) is 24.5 Å². The molecule has 1 saturated heterocycles. The number of rotatable bonds is 7. The molecule has 1 heterocycles. The Bertz CT molecular complexity index is 805.